The molecule has 1 aromatic carbocycles. The molecule has 2 aromatic rings. The highest BCUT2D eigenvalue weighted by Crippen LogP contribution is 2.37. The number of aromatic nitrogens is 1. The minimum absolute atomic E-state index is 0.386. The normalized spacial score (nSPS) is 14.0. The fraction of sp³-hybridized carbons (Fsp3) is 0.500. The summed E-state index contributed by atoms with van der Waals surface area (Å²) >= 11 is 1.67. The van der Waals surface area contributed by atoms with E-state index in [4.69, 9.17) is 9.47 Å². The Morgan fingerprint density at radius 3 is 2.61 bits per heavy atom. The predicted octanol–water partition coefficient (Wildman–Crippen LogP) is 4.18. The van der Waals surface area contributed by atoms with Gasteiger partial charge in [-0.15, -0.1) is 11.3 Å². The van der Waals surface area contributed by atoms with Crippen LogP contribution >= 0.6 is 11.3 Å². The fourth-order valence-corrected chi connectivity index (χ4v) is 2.53. The van der Waals surface area contributed by atoms with E-state index in [0.717, 1.165) is 39.6 Å². The molecule has 3 nitrogen and oxygen atoms in total. The van der Waals surface area contributed by atoms with E-state index >= 15 is 0 Å². The maximum Gasteiger partial charge on any atom is 0.150 e. The number of fused-ring (bicyclic) bond motifs is 1. The minimum Gasteiger partial charge on any atom is -0.497 e. The molecule has 0 bridgehead atoms. The number of thiazole rings is 1. The Hall–Kier alpha value is -1.29. The van der Waals surface area contributed by atoms with E-state index in [1.807, 2.05) is 32.9 Å². The van der Waals surface area contributed by atoms with E-state index in [9.17, 15) is 0 Å². The summed E-state index contributed by atoms with van der Waals surface area (Å²) in [7, 11) is 1.68. The zero-order valence-electron chi connectivity index (χ0n) is 11.3. The SMILES string of the molecule is CC.COc1cc(OC2CC2)c2nc(C)sc2c1. The summed E-state index contributed by atoms with van der Waals surface area (Å²) in [6, 6.07) is 3.94. The second-order valence-electron chi connectivity index (χ2n) is 4.02. The van der Waals surface area contributed by atoms with Gasteiger partial charge in [-0.25, -0.2) is 4.98 Å². The van der Waals surface area contributed by atoms with Crippen molar-refractivity contribution in [3.63, 3.8) is 0 Å². The van der Waals surface area contributed by atoms with Crippen LogP contribution in [0.25, 0.3) is 10.2 Å². The highest BCUT2D eigenvalue weighted by Gasteiger charge is 2.25. The highest BCUT2D eigenvalue weighted by molar-refractivity contribution is 7.18. The number of rotatable bonds is 3. The van der Waals surface area contributed by atoms with Gasteiger partial charge in [0, 0.05) is 6.07 Å². The predicted molar refractivity (Wildman–Crippen MR) is 75.9 cm³/mol. The van der Waals surface area contributed by atoms with Crippen molar-refractivity contribution in [2.75, 3.05) is 7.11 Å². The summed E-state index contributed by atoms with van der Waals surface area (Å²) in [6.45, 7) is 6.01. The van der Waals surface area contributed by atoms with Crippen LogP contribution in [0.4, 0.5) is 0 Å². The molecule has 1 saturated carbocycles. The molecule has 18 heavy (non-hydrogen) atoms. The zero-order chi connectivity index (χ0) is 13.1. The van der Waals surface area contributed by atoms with E-state index in [1.54, 1.807) is 18.4 Å². The van der Waals surface area contributed by atoms with Gasteiger partial charge in [0.25, 0.3) is 0 Å². The quantitative estimate of drug-likeness (QED) is 0.834. The monoisotopic (exact) mass is 265 g/mol. The third-order valence-electron chi connectivity index (χ3n) is 2.59. The summed E-state index contributed by atoms with van der Waals surface area (Å²) in [4.78, 5) is 4.51. The van der Waals surface area contributed by atoms with Gasteiger partial charge in [-0.05, 0) is 25.8 Å². The Morgan fingerprint density at radius 2 is 2.00 bits per heavy atom. The molecule has 3 rings (SSSR count). The van der Waals surface area contributed by atoms with E-state index in [2.05, 4.69) is 4.98 Å². The second-order valence-corrected chi connectivity index (χ2v) is 5.26. The molecule has 0 aliphatic heterocycles. The van der Waals surface area contributed by atoms with Crippen molar-refractivity contribution in [3.8, 4) is 11.5 Å². The van der Waals surface area contributed by atoms with Crippen molar-refractivity contribution in [2.45, 2.75) is 39.7 Å². The molecular weight excluding hydrogens is 246 g/mol. The number of aryl methyl sites for hydroxylation is 1. The lowest BCUT2D eigenvalue weighted by molar-refractivity contribution is 0.304. The van der Waals surface area contributed by atoms with E-state index < -0.39 is 0 Å². The number of benzene rings is 1. The molecule has 0 spiro atoms. The second kappa shape index (κ2) is 5.57. The zero-order valence-corrected chi connectivity index (χ0v) is 12.1. The van der Waals surface area contributed by atoms with Crippen LogP contribution in [0.2, 0.25) is 0 Å². The summed E-state index contributed by atoms with van der Waals surface area (Å²) in [5.74, 6) is 1.70. The first-order valence-corrected chi connectivity index (χ1v) is 7.20. The lowest BCUT2D eigenvalue weighted by Gasteiger charge is -2.07. The van der Waals surface area contributed by atoms with Gasteiger partial charge in [0.1, 0.15) is 11.3 Å². The molecule has 98 valence electrons. The van der Waals surface area contributed by atoms with Gasteiger partial charge in [-0.3, -0.25) is 0 Å². The average Bonchev–Trinajstić information content (AvgIpc) is 3.11. The van der Waals surface area contributed by atoms with E-state index in [1.165, 1.54) is 0 Å². The summed E-state index contributed by atoms with van der Waals surface area (Å²) in [6.07, 6.45) is 2.70. The minimum atomic E-state index is 0.386. The van der Waals surface area contributed by atoms with Gasteiger partial charge in [-0.2, -0.15) is 0 Å². The Labute approximate surface area is 112 Å². The lowest BCUT2D eigenvalue weighted by atomic mass is 10.3. The standard InChI is InChI=1S/C12H13NO2S.C2H6/c1-7-13-12-10(15-8-3-4-8)5-9(14-2)6-11(12)16-7;1-2/h5-6,8H,3-4H2,1-2H3;1-2H3. The van der Waals surface area contributed by atoms with Gasteiger partial charge in [0.2, 0.25) is 0 Å². The van der Waals surface area contributed by atoms with Gasteiger partial charge in [0.05, 0.1) is 22.9 Å². The van der Waals surface area contributed by atoms with Gasteiger partial charge in [0.15, 0.2) is 5.75 Å². The van der Waals surface area contributed by atoms with Crippen LogP contribution in [0.3, 0.4) is 0 Å². The van der Waals surface area contributed by atoms with Gasteiger partial charge >= 0.3 is 0 Å². The van der Waals surface area contributed by atoms with E-state index in [-0.39, 0.29) is 0 Å². The summed E-state index contributed by atoms with van der Waals surface area (Å²) in [5.41, 5.74) is 0.968. The van der Waals surface area contributed by atoms with Crippen molar-refractivity contribution >= 4 is 21.6 Å². The Kier molecular flexibility index (Phi) is 4.07. The molecule has 1 aliphatic carbocycles. The average molecular weight is 265 g/mol. The molecular formula is C14H19NO2S. The van der Waals surface area contributed by atoms with Gasteiger partial charge in [-0.1, -0.05) is 13.8 Å². The fourth-order valence-electron chi connectivity index (χ4n) is 1.66. The van der Waals surface area contributed by atoms with E-state index in [0.29, 0.717) is 6.10 Å². The first kappa shape index (κ1) is 13.1. The van der Waals surface area contributed by atoms with Crippen LogP contribution in [-0.4, -0.2) is 18.2 Å². The van der Waals surface area contributed by atoms with Crippen molar-refractivity contribution in [3.05, 3.63) is 17.1 Å². The molecule has 0 atom stereocenters. The third kappa shape index (κ3) is 2.75. The molecule has 0 N–H and O–H groups in total. The van der Waals surface area contributed by atoms with Crippen LogP contribution in [0.1, 0.15) is 31.7 Å². The summed E-state index contributed by atoms with van der Waals surface area (Å²) in [5, 5.41) is 1.06. The van der Waals surface area contributed by atoms with Crippen LogP contribution < -0.4 is 9.47 Å². The number of nitrogens with zero attached hydrogens (tertiary/aromatic N) is 1. The molecule has 1 heterocycles. The van der Waals surface area contributed by atoms with Crippen LogP contribution in [0.5, 0.6) is 11.5 Å². The summed E-state index contributed by atoms with van der Waals surface area (Å²) < 4.78 is 12.3. The number of hydrogen-bond donors (Lipinski definition) is 0. The molecule has 1 aliphatic rings. The molecule has 4 heteroatoms. The third-order valence-corrected chi connectivity index (χ3v) is 3.51. The molecule has 0 amide bonds. The molecule has 0 radical (unpaired) electrons. The smallest absolute Gasteiger partial charge is 0.150 e. The van der Waals surface area contributed by atoms with Crippen LogP contribution in [-0.2, 0) is 0 Å². The van der Waals surface area contributed by atoms with Crippen LogP contribution in [0, 0.1) is 6.92 Å². The van der Waals surface area contributed by atoms with Crippen molar-refractivity contribution in [1.82, 2.24) is 4.98 Å². The Morgan fingerprint density at radius 1 is 1.28 bits per heavy atom. The number of methoxy groups -OCH3 is 1. The maximum atomic E-state index is 5.86. The number of ether oxygens (including phenoxy) is 2. The van der Waals surface area contributed by atoms with Crippen molar-refractivity contribution < 1.29 is 9.47 Å². The first-order chi connectivity index (χ1) is 8.76. The van der Waals surface area contributed by atoms with Gasteiger partial charge < -0.3 is 9.47 Å². The van der Waals surface area contributed by atoms with Crippen molar-refractivity contribution in [2.24, 2.45) is 0 Å². The maximum absolute atomic E-state index is 5.86. The molecule has 1 aromatic heterocycles. The van der Waals surface area contributed by atoms with Crippen molar-refractivity contribution in [1.29, 1.82) is 0 Å². The van der Waals surface area contributed by atoms with Crippen LogP contribution in [0.15, 0.2) is 12.1 Å². The highest BCUT2D eigenvalue weighted by atomic mass is 32.1. The number of hydrogen-bond acceptors (Lipinski definition) is 4. The Bertz CT molecular complexity index is 532. The lowest BCUT2D eigenvalue weighted by Crippen LogP contribution is -1.97. The molecule has 0 unspecified atom stereocenters. The largest absolute Gasteiger partial charge is 0.497 e. The molecule has 1 fully saturated rings. The first-order valence-electron chi connectivity index (χ1n) is 6.38. The topological polar surface area (TPSA) is 31.4 Å². The molecule has 0 saturated heterocycles. The Balaban J connectivity index is 0.000000574.